The number of aromatic nitrogens is 3. The van der Waals surface area contributed by atoms with Crippen LogP contribution in [0.5, 0.6) is 0 Å². The zero-order chi connectivity index (χ0) is 18.8. The monoisotopic (exact) mass is 380 g/mol. The lowest BCUT2D eigenvalue weighted by Gasteiger charge is -2.07. The Labute approximate surface area is 161 Å². The zero-order valence-corrected chi connectivity index (χ0v) is 16.1. The summed E-state index contributed by atoms with van der Waals surface area (Å²) in [5.74, 6) is 1.69. The van der Waals surface area contributed by atoms with E-state index < -0.39 is 0 Å². The third-order valence-corrected chi connectivity index (χ3v) is 5.38. The van der Waals surface area contributed by atoms with Crippen molar-refractivity contribution in [3.8, 4) is 0 Å². The van der Waals surface area contributed by atoms with E-state index >= 15 is 0 Å². The third kappa shape index (κ3) is 3.68. The third-order valence-electron chi connectivity index (χ3n) is 4.34. The molecule has 0 saturated carbocycles. The maximum absolute atomic E-state index is 11.1. The second-order valence-corrected chi connectivity index (χ2v) is 7.37. The first-order chi connectivity index (χ1) is 13.2. The number of oxazole rings is 1. The second-order valence-electron chi connectivity index (χ2n) is 6.38. The van der Waals surface area contributed by atoms with Crippen LogP contribution in [0.4, 0.5) is 6.01 Å². The second kappa shape index (κ2) is 7.44. The number of imidazole rings is 1. The summed E-state index contributed by atoms with van der Waals surface area (Å²) in [6.45, 7) is 4.48. The van der Waals surface area contributed by atoms with Gasteiger partial charge in [-0.25, -0.2) is 4.98 Å². The standard InChI is InChI=1S/C20H20N4O2S/c1-3-23(13-25)20-22-17-5-4-15(9-18(17)26-20)11-27-12-16-10-24-7-6-14(2)8-19(24)21-16/h4-10,13H,3,11-12H2,1-2H3. The molecule has 0 bridgehead atoms. The van der Waals surface area contributed by atoms with E-state index in [4.69, 9.17) is 4.42 Å². The SMILES string of the molecule is CCN(C=O)c1nc2ccc(CSCc3cn4ccc(C)cc4n3)cc2o1. The molecule has 6 nitrogen and oxygen atoms in total. The highest BCUT2D eigenvalue weighted by molar-refractivity contribution is 7.97. The van der Waals surface area contributed by atoms with Crippen molar-refractivity contribution in [1.29, 1.82) is 0 Å². The van der Waals surface area contributed by atoms with Gasteiger partial charge in [0.15, 0.2) is 5.58 Å². The fourth-order valence-corrected chi connectivity index (χ4v) is 3.77. The van der Waals surface area contributed by atoms with E-state index in [1.807, 2.05) is 31.3 Å². The molecule has 1 amide bonds. The maximum Gasteiger partial charge on any atom is 0.305 e. The number of anilines is 1. The summed E-state index contributed by atoms with van der Waals surface area (Å²) in [6.07, 6.45) is 4.85. The highest BCUT2D eigenvalue weighted by Crippen LogP contribution is 2.25. The molecule has 3 heterocycles. The summed E-state index contributed by atoms with van der Waals surface area (Å²) < 4.78 is 7.78. The summed E-state index contributed by atoms with van der Waals surface area (Å²) in [7, 11) is 0. The quantitative estimate of drug-likeness (QED) is 0.450. The number of pyridine rings is 1. The molecule has 1 aromatic carbocycles. The predicted octanol–water partition coefficient (Wildman–Crippen LogP) is 4.20. The van der Waals surface area contributed by atoms with Crippen LogP contribution >= 0.6 is 11.8 Å². The maximum atomic E-state index is 11.1. The van der Waals surface area contributed by atoms with Crippen molar-refractivity contribution in [2.45, 2.75) is 25.4 Å². The minimum absolute atomic E-state index is 0.340. The van der Waals surface area contributed by atoms with Gasteiger partial charge >= 0.3 is 6.01 Å². The van der Waals surface area contributed by atoms with E-state index in [0.717, 1.165) is 40.3 Å². The van der Waals surface area contributed by atoms with E-state index in [1.54, 1.807) is 11.8 Å². The van der Waals surface area contributed by atoms with Crippen LogP contribution in [0.15, 0.2) is 47.1 Å². The van der Waals surface area contributed by atoms with Crippen molar-refractivity contribution in [1.82, 2.24) is 14.4 Å². The van der Waals surface area contributed by atoms with Crippen LogP contribution in [0.1, 0.15) is 23.7 Å². The van der Waals surface area contributed by atoms with Crippen LogP contribution < -0.4 is 4.90 Å². The molecule has 0 aliphatic heterocycles. The molecule has 0 saturated heterocycles. The smallest absolute Gasteiger partial charge is 0.305 e. The van der Waals surface area contributed by atoms with E-state index in [2.05, 4.69) is 39.6 Å². The molecule has 138 valence electrons. The molecule has 0 aliphatic carbocycles. The van der Waals surface area contributed by atoms with Gasteiger partial charge in [-0.1, -0.05) is 6.07 Å². The minimum Gasteiger partial charge on any atom is -0.423 e. The Morgan fingerprint density at radius 3 is 2.93 bits per heavy atom. The largest absolute Gasteiger partial charge is 0.423 e. The molecule has 0 radical (unpaired) electrons. The molecule has 27 heavy (non-hydrogen) atoms. The number of benzene rings is 1. The lowest BCUT2D eigenvalue weighted by molar-refractivity contribution is -0.107. The highest BCUT2D eigenvalue weighted by atomic mass is 32.2. The summed E-state index contributed by atoms with van der Waals surface area (Å²) >= 11 is 1.81. The number of amides is 1. The van der Waals surface area contributed by atoms with Gasteiger partial charge in [0, 0.05) is 30.4 Å². The Hall–Kier alpha value is -2.80. The molecule has 4 rings (SSSR count). The van der Waals surface area contributed by atoms with Crippen LogP contribution in [0.3, 0.4) is 0 Å². The molecule has 0 fully saturated rings. The molecule has 0 unspecified atom stereocenters. The van der Waals surface area contributed by atoms with Gasteiger partial charge in [-0.3, -0.25) is 9.69 Å². The first-order valence-electron chi connectivity index (χ1n) is 8.79. The molecule has 4 aromatic rings. The molecule has 0 aliphatic rings. The zero-order valence-electron chi connectivity index (χ0n) is 15.3. The summed E-state index contributed by atoms with van der Waals surface area (Å²) in [4.78, 5) is 21.5. The molecule has 3 aromatic heterocycles. The van der Waals surface area contributed by atoms with E-state index in [0.29, 0.717) is 18.1 Å². The van der Waals surface area contributed by atoms with E-state index in [9.17, 15) is 4.79 Å². The number of carbonyl (C=O) groups excluding carboxylic acids is 1. The molecule has 0 atom stereocenters. The van der Waals surface area contributed by atoms with Crippen molar-refractivity contribution in [2.24, 2.45) is 0 Å². The Balaban J connectivity index is 1.44. The van der Waals surface area contributed by atoms with Crippen LogP contribution in [0, 0.1) is 6.92 Å². The number of rotatable bonds is 7. The van der Waals surface area contributed by atoms with Gasteiger partial charge in [0.1, 0.15) is 11.2 Å². The molecular weight excluding hydrogens is 360 g/mol. The van der Waals surface area contributed by atoms with Gasteiger partial charge in [0.05, 0.1) is 5.69 Å². The van der Waals surface area contributed by atoms with Crippen molar-refractivity contribution in [2.75, 3.05) is 11.4 Å². The van der Waals surface area contributed by atoms with E-state index in [1.165, 1.54) is 10.5 Å². The minimum atomic E-state index is 0.340. The van der Waals surface area contributed by atoms with Gasteiger partial charge in [-0.2, -0.15) is 16.7 Å². The molecular formula is C20H20N4O2S. The van der Waals surface area contributed by atoms with Crippen LogP contribution in [-0.4, -0.2) is 27.3 Å². The molecule has 7 heteroatoms. The molecule has 0 N–H and O–H groups in total. The first-order valence-corrected chi connectivity index (χ1v) is 9.95. The predicted molar refractivity (Wildman–Crippen MR) is 108 cm³/mol. The fourth-order valence-electron chi connectivity index (χ4n) is 2.90. The Morgan fingerprint density at radius 1 is 1.22 bits per heavy atom. The molecule has 0 spiro atoms. The van der Waals surface area contributed by atoms with Crippen molar-refractivity contribution >= 4 is 40.9 Å². The number of hydrogen-bond acceptors (Lipinski definition) is 5. The number of thioether (sulfide) groups is 1. The van der Waals surface area contributed by atoms with Crippen molar-refractivity contribution in [3.63, 3.8) is 0 Å². The van der Waals surface area contributed by atoms with Gasteiger partial charge in [-0.15, -0.1) is 0 Å². The van der Waals surface area contributed by atoms with Gasteiger partial charge < -0.3 is 8.82 Å². The van der Waals surface area contributed by atoms with Crippen LogP contribution in [0.2, 0.25) is 0 Å². The highest BCUT2D eigenvalue weighted by Gasteiger charge is 2.12. The lowest BCUT2D eigenvalue weighted by atomic mass is 10.2. The lowest BCUT2D eigenvalue weighted by Crippen LogP contribution is -2.20. The summed E-state index contributed by atoms with van der Waals surface area (Å²) in [5, 5.41) is 0. The average Bonchev–Trinajstić information content (AvgIpc) is 3.25. The fraction of sp³-hybridized carbons (Fsp3) is 0.250. The first kappa shape index (κ1) is 17.6. The Bertz CT molecular complexity index is 1100. The van der Waals surface area contributed by atoms with Crippen LogP contribution in [0.25, 0.3) is 16.7 Å². The topological polar surface area (TPSA) is 63.6 Å². The number of carbonyl (C=O) groups is 1. The Morgan fingerprint density at radius 2 is 2.11 bits per heavy atom. The van der Waals surface area contributed by atoms with Gasteiger partial charge in [0.2, 0.25) is 6.41 Å². The van der Waals surface area contributed by atoms with Gasteiger partial charge in [-0.05, 0) is 49.2 Å². The normalized spacial score (nSPS) is 11.3. The van der Waals surface area contributed by atoms with E-state index in [-0.39, 0.29) is 0 Å². The van der Waals surface area contributed by atoms with Gasteiger partial charge in [0.25, 0.3) is 0 Å². The number of fused-ring (bicyclic) bond motifs is 2. The number of nitrogens with zero attached hydrogens (tertiary/aromatic N) is 4. The summed E-state index contributed by atoms with van der Waals surface area (Å²) in [6, 6.07) is 10.5. The Kier molecular flexibility index (Phi) is 4.85. The number of hydrogen-bond donors (Lipinski definition) is 0. The number of aryl methyl sites for hydroxylation is 1. The van der Waals surface area contributed by atoms with Crippen LogP contribution in [-0.2, 0) is 16.3 Å². The summed E-state index contributed by atoms with van der Waals surface area (Å²) in [5.41, 5.74) is 5.88. The average molecular weight is 380 g/mol. The van der Waals surface area contributed by atoms with Crippen molar-refractivity contribution in [3.05, 3.63) is 59.5 Å². The van der Waals surface area contributed by atoms with Crippen molar-refractivity contribution < 1.29 is 9.21 Å².